The van der Waals surface area contributed by atoms with Crippen LogP contribution in [0.4, 0.5) is 10.1 Å². The van der Waals surface area contributed by atoms with Gasteiger partial charge in [0.05, 0.1) is 5.75 Å². The van der Waals surface area contributed by atoms with Crippen LogP contribution in [0.2, 0.25) is 5.02 Å². The molecule has 0 spiro atoms. The molecule has 5 rings (SSSR count). The summed E-state index contributed by atoms with van der Waals surface area (Å²) >= 11 is 6.01. The van der Waals surface area contributed by atoms with Crippen molar-refractivity contribution < 1.29 is 17.6 Å². The monoisotopic (exact) mass is 486 g/mol. The number of aryl methyl sites for hydroxylation is 2. The van der Waals surface area contributed by atoms with Gasteiger partial charge in [0.1, 0.15) is 5.82 Å². The van der Waals surface area contributed by atoms with Gasteiger partial charge in [0.25, 0.3) is 0 Å². The van der Waals surface area contributed by atoms with Crippen LogP contribution in [-0.4, -0.2) is 31.7 Å². The molecule has 172 valence electrons. The first-order chi connectivity index (χ1) is 15.8. The number of nitrogens with zero attached hydrogens (tertiary/aromatic N) is 1. The van der Waals surface area contributed by atoms with Gasteiger partial charge in [-0.25, -0.2) is 17.1 Å². The van der Waals surface area contributed by atoms with E-state index in [1.54, 1.807) is 0 Å². The number of amides is 1. The molecule has 1 aliphatic heterocycles. The maximum atomic E-state index is 14.1. The highest BCUT2D eigenvalue weighted by Gasteiger charge is 2.32. The minimum absolute atomic E-state index is 0.0221. The van der Waals surface area contributed by atoms with E-state index >= 15 is 0 Å². The molecule has 0 bridgehead atoms. The Morgan fingerprint density at radius 3 is 2.45 bits per heavy atom. The minimum Gasteiger partial charge on any atom is -0.325 e. The van der Waals surface area contributed by atoms with E-state index in [9.17, 15) is 17.6 Å². The highest BCUT2D eigenvalue weighted by molar-refractivity contribution is 7.88. The largest absolute Gasteiger partial charge is 0.325 e. The molecule has 3 aromatic rings. The first-order valence-electron chi connectivity index (χ1n) is 11.1. The molecule has 8 heteroatoms. The van der Waals surface area contributed by atoms with Crippen LogP contribution in [-0.2, 0) is 33.4 Å². The molecular weight excluding hydrogens is 463 g/mol. The van der Waals surface area contributed by atoms with Gasteiger partial charge in [0.2, 0.25) is 15.9 Å². The Hall–Kier alpha value is -2.48. The third-order valence-corrected chi connectivity index (χ3v) is 8.90. The number of hydrogen-bond donors (Lipinski definition) is 1. The number of sulfonamides is 1. The second-order valence-corrected chi connectivity index (χ2v) is 11.1. The molecule has 0 aromatic heterocycles. The fourth-order valence-electron chi connectivity index (χ4n) is 4.93. The summed E-state index contributed by atoms with van der Waals surface area (Å²) in [6.07, 6.45) is 2.87. The normalized spacial score (nSPS) is 16.9. The van der Waals surface area contributed by atoms with Crippen molar-refractivity contribution in [1.29, 1.82) is 0 Å². The van der Waals surface area contributed by atoms with E-state index < -0.39 is 21.6 Å². The van der Waals surface area contributed by atoms with Gasteiger partial charge < -0.3 is 5.32 Å². The van der Waals surface area contributed by atoms with Crippen molar-refractivity contribution in [1.82, 2.24) is 4.31 Å². The number of hydrogen-bond acceptors (Lipinski definition) is 3. The van der Waals surface area contributed by atoms with Gasteiger partial charge in [-0.1, -0.05) is 41.9 Å². The van der Waals surface area contributed by atoms with Crippen molar-refractivity contribution in [2.45, 2.75) is 31.4 Å². The number of carbonyl (C=O) groups excluding carboxylic acids is 1. The third kappa shape index (κ3) is 4.25. The van der Waals surface area contributed by atoms with E-state index in [0.717, 1.165) is 23.9 Å². The molecule has 0 unspecified atom stereocenters. The topological polar surface area (TPSA) is 66.5 Å². The molecule has 0 saturated carbocycles. The summed E-state index contributed by atoms with van der Waals surface area (Å²) in [5.41, 5.74) is 3.40. The van der Waals surface area contributed by atoms with Gasteiger partial charge in [-0.05, 0) is 60.4 Å². The summed E-state index contributed by atoms with van der Waals surface area (Å²) < 4.78 is 41.1. The van der Waals surface area contributed by atoms with Crippen LogP contribution in [0.3, 0.4) is 0 Å². The number of anilines is 1. The summed E-state index contributed by atoms with van der Waals surface area (Å²) in [6, 6.07) is 14.4. The van der Waals surface area contributed by atoms with E-state index in [-0.39, 0.29) is 35.5 Å². The lowest BCUT2D eigenvalue weighted by Gasteiger charge is -2.30. The van der Waals surface area contributed by atoms with Crippen molar-refractivity contribution in [2.75, 3.05) is 18.4 Å². The van der Waals surface area contributed by atoms with Crippen molar-refractivity contribution in [2.24, 2.45) is 5.92 Å². The number of piperidine rings is 1. The molecule has 3 aromatic carbocycles. The van der Waals surface area contributed by atoms with Gasteiger partial charge in [-0.2, -0.15) is 0 Å². The number of nitrogens with one attached hydrogen (secondary N) is 1. The molecule has 33 heavy (non-hydrogen) atoms. The van der Waals surface area contributed by atoms with E-state index in [0.29, 0.717) is 12.8 Å². The molecule has 0 radical (unpaired) electrons. The van der Waals surface area contributed by atoms with Gasteiger partial charge in [-0.15, -0.1) is 0 Å². The molecule has 1 amide bonds. The zero-order valence-electron chi connectivity index (χ0n) is 18.0. The lowest BCUT2D eigenvalue weighted by molar-refractivity contribution is -0.120. The first-order valence-corrected chi connectivity index (χ1v) is 13.1. The van der Waals surface area contributed by atoms with E-state index in [4.69, 9.17) is 11.6 Å². The third-order valence-electron chi connectivity index (χ3n) is 6.74. The Bertz CT molecular complexity index is 1320. The second kappa shape index (κ2) is 8.70. The molecular formula is C25H24ClFN2O3S. The van der Waals surface area contributed by atoms with Crippen LogP contribution in [0, 0.1) is 11.7 Å². The molecule has 2 aliphatic rings. The van der Waals surface area contributed by atoms with Gasteiger partial charge in [0.15, 0.2) is 0 Å². The van der Waals surface area contributed by atoms with Crippen molar-refractivity contribution in [3.8, 4) is 0 Å². The number of halogens is 2. The summed E-state index contributed by atoms with van der Waals surface area (Å²) in [5, 5.41) is 5.46. The maximum Gasteiger partial charge on any atom is 0.227 e. The van der Waals surface area contributed by atoms with Crippen LogP contribution in [0.15, 0.2) is 48.5 Å². The summed E-state index contributed by atoms with van der Waals surface area (Å²) in [4.78, 5) is 13.0. The Labute approximate surface area is 197 Å². The fourth-order valence-corrected chi connectivity index (χ4v) is 6.85. The zero-order chi connectivity index (χ0) is 23.2. The molecule has 0 atom stereocenters. The Morgan fingerprint density at radius 1 is 1.03 bits per heavy atom. The van der Waals surface area contributed by atoms with Crippen LogP contribution in [0.25, 0.3) is 10.8 Å². The zero-order valence-corrected chi connectivity index (χ0v) is 19.6. The number of carbonyl (C=O) groups is 1. The number of rotatable bonds is 5. The Kier molecular flexibility index (Phi) is 5.89. The smallest absolute Gasteiger partial charge is 0.227 e. The predicted octanol–water partition coefficient (Wildman–Crippen LogP) is 4.91. The lowest BCUT2D eigenvalue weighted by atomic mass is 9.96. The number of benzene rings is 3. The average molecular weight is 487 g/mol. The second-order valence-electron chi connectivity index (χ2n) is 8.73. The van der Waals surface area contributed by atoms with E-state index in [1.165, 1.54) is 39.0 Å². The minimum atomic E-state index is -3.74. The Balaban J connectivity index is 1.25. The molecule has 1 heterocycles. The standard InChI is InChI=1S/C25H24ClFN2O3S/c26-21-5-2-6-22(27)20(21)15-33(31,32)29-13-11-18(12-14-29)25(30)28-23-10-9-17-8-7-16-3-1-4-19(23)24(16)17/h1-6,9-10,18H,7-8,11-15H2,(H,28,30). The summed E-state index contributed by atoms with van der Waals surface area (Å²) in [7, 11) is -3.74. The van der Waals surface area contributed by atoms with Crippen molar-refractivity contribution in [3.05, 3.63) is 76.1 Å². The highest BCUT2D eigenvalue weighted by Crippen LogP contribution is 2.35. The lowest BCUT2D eigenvalue weighted by Crippen LogP contribution is -2.42. The van der Waals surface area contributed by atoms with Crippen LogP contribution < -0.4 is 5.32 Å². The van der Waals surface area contributed by atoms with Crippen LogP contribution >= 0.6 is 11.6 Å². The molecule has 1 N–H and O–H groups in total. The predicted molar refractivity (Wildman–Crippen MR) is 128 cm³/mol. The van der Waals surface area contributed by atoms with Crippen LogP contribution in [0.5, 0.6) is 0 Å². The van der Waals surface area contributed by atoms with Crippen LogP contribution in [0.1, 0.15) is 29.5 Å². The SMILES string of the molecule is O=C(Nc1ccc2c3c(cccc13)CC2)C1CCN(S(=O)(=O)Cc2c(F)cccc2Cl)CC1. The van der Waals surface area contributed by atoms with E-state index in [2.05, 4.69) is 17.4 Å². The highest BCUT2D eigenvalue weighted by atomic mass is 35.5. The van der Waals surface area contributed by atoms with E-state index in [1.807, 2.05) is 18.2 Å². The molecule has 1 fully saturated rings. The first kappa shape index (κ1) is 22.3. The summed E-state index contributed by atoms with van der Waals surface area (Å²) in [6.45, 7) is 0.437. The van der Waals surface area contributed by atoms with Crippen molar-refractivity contribution in [3.63, 3.8) is 0 Å². The summed E-state index contributed by atoms with van der Waals surface area (Å²) in [5.74, 6) is -1.50. The fraction of sp³-hybridized carbons (Fsp3) is 0.320. The van der Waals surface area contributed by atoms with Gasteiger partial charge in [-0.3, -0.25) is 4.79 Å². The molecule has 1 aliphatic carbocycles. The molecule has 1 saturated heterocycles. The maximum absolute atomic E-state index is 14.1. The van der Waals surface area contributed by atoms with Crippen molar-refractivity contribution >= 4 is 44.0 Å². The Morgan fingerprint density at radius 2 is 1.73 bits per heavy atom. The van der Waals surface area contributed by atoms with Gasteiger partial charge in [0, 0.05) is 40.7 Å². The molecule has 5 nitrogen and oxygen atoms in total. The van der Waals surface area contributed by atoms with Gasteiger partial charge >= 0.3 is 0 Å². The quantitative estimate of drug-likeness (QED) is 0.557. The average Bonchev–Trinajstić information content (AvgIpc) is 3.23.